The van der Waals surface area contributed by atoms with Crippen LogP contribution >= 0.6 is 0 Å². The van der Waals surface area contributed by atoms with Crippen LogP contribution in [0.5, 0.6) is 0 Å². The molecule has 0 bridgehead atoms. The van der Waals surface area contributed by atoms with Crippen LogP contribution in [0.3, 0.4) is 0 Å². The summed E-state index contributed by atoms with van der Waals surface area (Å²) in [5.41, 5.74) is 0.511. The van der Waals surface area contributed by atoms with Gasteiger partial charge in [-0.15, -0.1) is 0 Å². The topological polar surface area (TPSA) is 61.2 Å². The highest BCUT2D eigenvalue weighted by Gasteiger charge is 2.50. The number of nitriles is 1. The van der Waals surface area contributed by atoms with E-state index >= 15 is 0 Å². The molecule has 100 valence electrons. The Labute approximate surface area is 113 Å². The molecule has 0 radical (unpaired) electrons. The summed E-state index contributed by atoms with van der Waals surface area (Å²) in [7, 11) is 0. The van der Waals surface area contributed by atoms with E-state index in [2.05, 4.69) is 6.07 Å². The summed E-state index contributed by atoms with van der Waals surface area (Å²) in [6.45, 7) is 0. The summed E-state index contributed by atoms with van der Waals surface area (Å²) < 4.78 is 0. The van der Waals surface area contributed by atoms with Crippen molar-refractivity contribution in [2.45, 2.75) is 63.3 Å². The van der Waals surface area contributed by atoms with Crippen LogP contribution in [0.4, 0.5) is 0 Å². The number of nitrogens with zero attached hydrogens (tertiary/aromatic N) is 2. The van der Waals surface area contributed by atoms with Gasteiger partial charge in [0, 0.05) is 11.1 Å². The molecule has 3 rings (SSSR count). The second-order valence-electron chi connectivity index (χ2n) is 5.81. The molecule has 4 heteroatoms. The standard InChI is InChI=1S/C15H18N2O2/c16-10-15(8-4-1-5-9-15)17-13(18)11-6-2-3-7-12(11)14(17)19/h1-9H2. The number of hydrogen-bond donors (Lipinski definition) is 0. The van der Waals surface area contributed by atoms with Crippen molar-refractivity contribution in [3.63, 3.8) is 0 Å². The number of carbonyl (C=O) groups is 2. The molecule has 19 heavy (non-hydrogen) atoms. The molecule has 1 saturated carbocycles. The van der Waals surface area contributed by atoms with Crippen molar-refractivity contribution in [3.05, 3.63) is 11.1 Å². The Morgan fingerprint density at radius 3 is 1.89 bits per heavy atom. The van der Waals surface area contributed by atoms with Gasteiger partial charge in [0.2, 0.25) is 0 Å². The molecule has 0 spiro atoms. The largest absolute Gasteiger partial charge is 0.269 e. The lowest BCUT2D eigenvalue weighted by Gasteiger charge is -2.37. The van der Waals surface area contributed by atoms with Gasteiger partial charge in [-0.1, -0.05) is 19.3 Å². The van der Waals surface area contributed by atoms with Gasteiger partial charge in [-0.05, 0) is 38.5 Å². The predicted octanol–water partition coefficient (Wildman–Crippen LogP) is 2.45. The third-order valence-electron chi connectivity index (χ3n) is 4.71. The Balaban J connectivity index is 1.97. The van der Waals surface area contributed by atoms with Gasteiger partial charge in [-0.2, -0.15) is 5.26 Å². The molecule has 4 nitrogen and oxygen atoms in total. The zero-order chi connectivity index (χ0) is 13.5. The van der Waals surface area contributed by atoms with E-state index in [-0.39, 0.29) is 11.8 Å². The molecule has 3 aliphatic rings. The van der Waals surface area contributed by atoms with Crippen molar-refractivity contribution >= 4 is 11.8 Å². The Morgan fingerprint density at radius 1 is 0.895 bits per heavy atom. The van der Waals surface area contributed by atoms with Crippen LogP contribution < -0.4 is 0 Å². The first-order chi connectivity index (χ1) is 9.19. The van der Waals surface area contributed by atoms with Crippen LogP contribution in [0.25, 0.3) is 0 Å². The van der Waals surface area contributed by atoms with Crippen molar-refractivity contribution in [3.8, 4) is 6.07 Å². The van der Waals surface area contributed by atoms with Crippen molar-refractivity contribution in [1.82, 2.24) is 4.90 Å². The van der Waals surface area contributed by atoms with Gasteiger partial charge in [-0.3, -0.25) is 14.5 Å². The van der Waals surface area contributed by atoms with Gasteiger partial charge < -0.3 is 0 Å². The molecule has 0 aromatic rings. The molecule has 0 aromatic carbocycles. The quantitative estimate of drug-likeness (QED) is 0.679. The molecular formula is C15H18N2O2. The molecule has 0 atom stereocenters. The fraction of sp³-hybridized carbons (Fsp3) is 0.667. The van der Waals surface area contributed by atoms with Crippen LogP contribution in [0.2, 0.25) is 0 Å². The third-order valence-corrected chi connectivity index (χ3v) is 4.71. The molecule has 1 fully saturated rings. The van der Waals surface area contributed by atoms with E-state index in [4.69, 9.17) is 0 Å². The minimum absolute atomic E-state index is 0.178. The van der Waals surface area contributed by atoms with E-state index < -0.39 is 5.54 Å². The molecule has 2 amide bonds. The van der Waals surface area contributed by atoms with Gasteiger partial charge in [0.05, 0.1) is 6.07 Å². The third kappa shape index (κ3) is 1.72. The lowest BCUT2D eigenvalue weighted by molar-refractivity contribution is -0.143. The summed E-state index contributed by atoms with van der Waals surface area (Å²) in [5.74, 6) is -0.355. The second-order valence-corrected chi connectivity index (χ2v) is 5.81. The van der Waals surface area contributed by atoms with Crippen LogP contribution in [-0.4, -0.2) is 22.3 Å². The lowest BCUT2D eigenvalue weighted by Crippen LogP contribution is -2.52. The number of imide groups is 1. The Morgan fingerprint density at radius 2 is 1.42 bits per heavy atom. The normalized spacial score (nSPS) is 26.4. The highest BCUT2D eigenvalue weighted by Crippen LogP contribution is 2.41. The molecule has 0 saturated heterocycles. The number of carbonyl (C=O) groups excluding carboxylic acids is 2. The lowest BCUT2D eigenvalue weighted by atomic mass is 9.81. The first-order valence-corrected chi connectivity index (χ1v) is 7.22. The van der Waals surface area contributed by atoms with Crippen LogP contribution in [0.1, 0.15) is 57.8 Å². The van der Waals surface area contributed by atoms with Gasteiger partial charge >= 0.3 is 0 Å². The number of hydrogen-bond acceptors (Lipinski definition) is 3. The maximum atomic E-state index is 12.5. The van der Waals surface area contributed by atoms with E-state index in [0.29, 0.717) is 36.8 Å². The predicted molar refractivity (Wildman–Crippen MR) is 68.8 cm³/mol. The molecule has 1 heterocycles. The highest BCUT2D eigenvalue weighted by molar-refractivity contribution is 6.20. The SMILES string of the molecule is N#CC1(N2C(=O)C3=C(CCCC3)C2=O)CCCCC1. The van der Waals surface area contributed by atoms with Gasteiger partial charge in [0.25, 0.3) is 11.8 Å². The number of amides is 2. The summed E-state index contributed by atoms with van der Waals surface area (Å²) in [6.07, 6.45) is 7.59. The minimum Gasteiger partial charge on any atom is -0.269 e. The second kappa shape index (κ2) is 4.48. The number of rotatable bonds is 1. The monoisotopic (exact) mass is 258 g/mol. The Bertz CT molecular complexity index is 479. The maximum absolute atomic E-state index is 12.5. The Kier molecular flexibility index (Phi) is 2.93. The van der Waals surface area contributed by atoms with Crippen molar-refractivity contribution in [1.29, 1.82) is 5.26 Å². The average molecular weight is 258 g/mol. The summed E-state index contributed by atoms with van der Waals surface area (Å²) in [6, 6.07) is 2.29. The zero-order valence-corrected chi connectivity index (χ0v) is 11.1. The highest BCUT2D eigenvalue weighted by atomic mass is 16.2. The van der Waals surface area contributed by atoms with E-state index in [1.165, 1.54) is 4.90 Å². The summed E-state index contributed by atoms with van der Waals surface area (Å²) in [5, 5.41) is 9.56. The Hall–Kier alpha value is -1.63. The van der Waals surface area contributed by atoms with Gasteiger partial charge in [-0.25, -0.2) is 0 Å². The molecular weight excluding hydrogens is 240 g/mol. The van der Waals surface area contributed by atoms with Crippen molar-refractivity contribution in [2.24, 2.45) is 0 Å². The van der Waals surface area contributed by atoms with Gasteiger partial charge in [0.15, 0.2) is 0 Å². The maximum Gasteiger partial charge on any atom is 0.258 e. The zero-order valence-electron chi connectivity index (χ0n) is 11.1. The first-order valence-electron chi connectivity index (χ1n) is 7.22. The van der Waals surface area contributed by atoms with Crippen molar-refractivity contribution < 1.29 is 9.59 Å². The summed E-state index contributed by atoms with van der Waals surface area (Å²) >= 11 is 0. The first kappa shape index (κ1) is 12.4. The van der Waals surface area contributed by atoms with E-state index in [1.807, 2.05) is 0 Å². The minimum atomic E-state index is -0.871. The van der Waals surface area contributed by atoms with E-state index in [9.17, 15) is 14.9 Å². The van der Waals surface area contributed by atoms with Crippen LogP contribution in [-0.2, 0) is 9.59 Å². The average Bonchev–Trinajstić information content (AvgIpc) is 2.73. The van der Waals surface area contributed by atoms with Crippen LogP contribution in [0, 0.1) is 11.3 Å². The fourth-order valence-corrected chi connectivity index (χ4v) is 3.65. The molecule has 2 aliphatic carbocycles. The van der Waals surface area contributed by atoms with E-state index in [1.54, 1.807) is 0 Å². The molecule has 0 aromatic heterocycles. The molecule has 1 aliphatic heterocycles. The summed E-state index contributed by atoms with van der Waals surface area (Å²) in [4.78, 5) is 26.3. The van der Waals surface area contributed by atoms with Crippen molar-refractivity contribution in [2.75, 3.05) is 0 Å². The fourth-order valence-electron chi connectivity index (χ4n) is 3.65. The van der Waals surface area contributed by atoms with E-state index in [0.717, 1.165) is 32.1 Å². The van der Waals surface area contributed by atoms with Gasteiger partial charge in [0.1, 0.15) is 5.54 Å². The smallest absolute Gasteiger partial charge is 0.258 e. The molecule has 0 unspecified atom stereocenters. The van der Waals surface area contributed by atoms with Crippen LogP contribution in [0.15, 0.2) is 11.1 Å². The molecule has 0 N–H and O–H groups in total.